The minimum atomic E-state index is -1.96. The Labute approximate surface area is 581 Å². The normalized spacial score (nSPS) is 16.8. The van der Waals surface area contributed by atoms with Crippen molar-refractivity contribution < 1.29 is 117 Å². The third-order valence-electron chi connectivity index (χ3n) is 14.9. The number of aliphatic hydroxyl groups excluding tert-OH is 2. The lowest BCUT2D eigenvalue weighted by Gasteiger charge is -2.32. The number of rotatable bonds is 47. The van der Waals surface area contributed by atoms with E-state index in [9.17, 15) is 117 Å². The third-order valence-corrected chi connectivity index (χ3v) is 16.1. The summed E-state index contributed by atoms with van der Waals surface area (Å²) in [5, 5.41) is 75.0. The molecule has 1 fully saturated rings. The van der Waals surface area contributed by atoms with Crippen LogP contribution in [0.15, 0.2) is 0 Å². The van der Waals surface area contributed by atoms with Gasteiger partial charge >= 0.3 is 17.9 Å². The highest BCUT2D eigenvalue weighted by atomic mass is 32.2. The van der Waals surface area contributed by atoms with E-state index in [1.807, 2.05) is 0 Å². The summed E-state index contributed by atoms with van der Waals surface area (Å²) in [6.07, 6.45) is -6.65. The fraction of sp³-hybridized carbons (Fsp3) is 0.667. The lowest BCUT2D eigenvalue weighted by molar-refractivity contribution is -0.145. The average molecular weight is 1460 g/mol. The summed E-state index contributed by atoms with van der Waals surface area (Å²) in [5.41, 5.74) is 26.6. The minimum absolute atomic E-state index is 0.107. The number of nitrogens with zero attached hydrogens (tertiary/aromatic N) is 1. The van der Waals surface area contributed by atoms with Crippen molar-refractivity contribution in [3.63, 3.8) is 0 Å². The maximum atomic E-state index is 14.3. The first-order chi connectivity index (χ1) is 46.6. The molecule has 562 valence electrons. The first kappa shape index (κ1) is 88.5. The van der Waals surface area contributed by atoms with Gasteiger partial charge in [0.25, 0.3) is 0 Å². The number of primary amides is 4. The maximum absolute atomic E-state index is 14.3. The summed E-state index contributed by atoms with van der Waals surface area (Å²) < 4.78 is 0. The molecule has 0 unspecified atom stereocenters. The Bertz CT molecular complexity index is 3000. The monoisotopic (exact) mass is 1460 g/mol. The van der Waals surface area contributed by atoms with Crippen LogP contribution in [0.4, 0.5) is 0 Å². The summed E-state index contributed by atoms with van der Waals surface area (Å²) >= 11 is 2.40. The second-order valence-electron chi connectivity index (χ2n) is 23.6. The molecule has 43 heteroatoms. The van der Waals surface area contributed by atoms with E-state index in [0.29, 0.717) is 0 Å². The molecule has 0 aliphatic carbocycles. The maximum Gasteiger partial charge on any atom is 0.326 e. The van der Waals surface area contributed by atoms with Gasteiger partial charge in [-0.25, -0.2) is 4.79 Å². The van der Waals surface area contributed by atoms with Crippen molar-refractivity contribution >= 4 is 136 Å². The third kappa shape index (κ3) is 31.6. The predicted molar refractivity (Wildman–Crippen MR) is 350 cm³/mol. The molecule has 26 N–H and O–H groups in total. The lowest BCUT2D eigenvalue weighted by Crippen LogP contribution is -2.62. The van der Waals surface area contributed by atoms with Gasteiger partial charge in [-0.3, -0.25) is 86.3 Å². The zero-order valence-corrected chi connectivity index (χ0v) is 57.6. The Kier molecular flexibility index (Phi) is 38.8. The molecule has 1 saturated heterocycles. The number of hydrogen-bond donors (Lipinski definition) is 21. The van der Waals surface area contributed by atoms with Crippen molar-refractivity contribution in [3.05, 3.63) is 0 Å². The minimum Gasteiger partial charge on any atom is -0.481 e. The number of hydrogen-bond acceptors (Lipinski definition) is 24. The number of carbonyl (C=O) groups is 19. The summed E-state index contributed by atoms with van der Waals surface area (Å²) in [7, 11) is 0. The zero-order valence-electron chi connectivity index (χ0n) is 56.0. The number of nitrogens with two attached hydrogens (primary N) is 5. The van der Waals surface area contributed by atoms with Crippen molar-refractivity contribution in [2.75, 3.05) is 30.6 Å². The highest BCUT2D eigenvalue weighted by Gasteiger charge is 2.43. The van der Waals surface area contributed by atoms with Crippen molar-refractivity contribution in [2.24, 2.45) is 34.6 Å². The molecular weight excluding hydrogens is 1370 g/mol. The number of carboxylic acids is 3. The number of aliphatic hydroxyl groups is 2. The van der Waals surface area contributed by atoms with Crippen LogP contribution in [0, 0.1) is 5.92 Å². The summed E-state index contributed by atoms with van der Waals surface area (Å²) in [6, 6.07) is -22.4. The number of thioether (sulfide) groups is 2. The van der Waals surface area contributed by atoms with Gasteiger partial charge in [0.15, 0.2) is 0 Å². The molecule has 0 spiro atoms. The number of nitrogens with one attached hydrogen (secondary N) is 11. The van der Waals surface area contributed by atoms with Gasteiger partial charge in [0, 0.05) is 19.4 Å². The van der Waals surface area contributed by atoms with Crippen molar-refractivity contribution in [2.45, 2.75) is 202 Å². The van der Waals surface area contributed by atoms with Crippen LogP contribution in [0.25, 0.3) is 0 Å². The average Bonchev–Trinajstić information content (AvgIpc) is 1.57. The van der Waals surface area contributed by atoms with Crippen LogP contribution < -0.4 is 87.2 Å². The Morgan fingerprint density at radius 2 is 0.810 bits per heavy atom. The molecule has 1 aliphatic heterocycles. The molecule has 0 radical (unpaired) electrons. The van der Waals surface area contributed by atoms with Crippen LogP contribution in [0.1, 0.15) is 112 Å². The molecule has 0 aromatic heterocycles. The van der Waals surface area contributed by atoms with Crippen molar-refractivity contribution in [1.82, 2.24) is 63.4 Å². The SMILES string of the molecule is CSCC[C@H](NC(=O)[C@H](CCC(N)=O)NC(=O)[C@H](CCC(=O)O)NC(=O)[C@@H]1CCCN1C(=O)[C@@H](NC(=O)[C@H](CCSC)NC(=O)[C@H](CC(=O)O)NC(=O)[C@@H](N)CC(N)=O)[C@@H](C)O)C(=O)N[C@@H](C)C(=O)N[C@H](C(=O)N[C@@H](CC(N)=O)C(=O)N[C@H](C(=O)N[C@@H](CC(N)=O)C(=O)O)C(C)C)[C@@H](C)O. The number of amides is 16. The predicted octanol–water partition coefficient (Wildman–Crippen LogP) is -10.1. The van der Waals surface area contributed by atoms with E-state index < -0.39 is 260 Å². The van der Waals surface area contributed by atoms with Gasteiger partial charge in [-0.2, -0.15) is 23.5 Å². The van der Waals surface area contributed by atoms with Gasteiger partial charge in [-0.05, 0) is 89.2 Å². The number of likely N-dealkylation sites (tertiary alicyclic amines) is 1. The van der Waals surface area contributed by atoms with Gasteiger partial charge in [0.1, 0.15) is 72.5 Å². The van der Waals surface area contributed by atoms with E-state index in [-0.39, 0.29) is 43.7 Å². The molecule has 1 aliphatic rings. The molecule has 16 amide bonds. The molecule has 0 saturated carbocycles. The van der Waals surface area contributed by atoms with Gasteiger partial charge in [-0.15, -0.1) is 0 Å². The van der Waals surface area contributed by atoms with Crippen molar-refractivity contribution in [3.8, 4) is 0 Å². The molecule has 0 aromatic carbocycles. The second kappa shape index (κ2) is 43.8. The molecule has 0 aromatic rings. The fourth-order valence-electron chi connectivity index (χ4n) is 9.47. The first-order valence-electron chi connectivity index (χ1n) is 31.1. The van der Waals surface area contributed by atoms with E-state index in [0.717, 1.165) is 25.7 Å². The van der Waals surface area contributed by atoms with Crippen LogP contribution in [0.5, 0.6) is 0 Å². The highest BCUT2D eigenvalue weighted by Crippen LogP contribution is 2.21. The van der Waals surface area contributed by atoms with Gasteiger partial charge in [-0.1, -0.05) is 13.8 Å². The second-order valence-corrected chi connectivity index (χ2v) is 25.6. The van der Waals surface area contributed by atoms with E-state index in [1.54, 1.807) is 12.5 Å². The molecule has 0 bridgehead atoms. The summed E-state index contributed by atoms with van der Waals surface area (Å²) in [6.45, 7) is 5.91. The van der Waals surface area contributed by atoms with Gasteiger partial charge in [0.2, 0.25) is 94.5 Å². The lowest BCUT2D eigenvalue weighted by atomic mass is 10.0. The fourth-order valence-corrected chi connectivity index (χ4v) is 10.4. The Morgan fingerprint density at radius 1 is 0.420 bits per heavy atom. The molecule has 100 heavy (non-hydrogen) atoms. The quantitative estimate of drug-likeness (QED) is 0.0269. The zero-order chi connectivity index (χ0) is 76.6. The number of aliphatic carboxylic acids is 3. The van der Waals surface area contributed by atoms with Crippen LogP contribution in [-0.2, 0) is 91.1 Å². The van der Waals surface area contributed by atoms with Crippen molar-refractivity contribution in [1.29, 1.82) is 0 Å². The number of carbonyl (C=O) groups excluding carboxylic acids is 16. The van der Waals surface area contributed by atoms with E-state index in [1.165, 1.54) is 37.4 Å². The van der Waals surface area contributed by atoms with E-state index in [4.69, 9.17) is 28.7 Å². The molecular formula is C57H93N17O24S2. The van der Waals surface area contributed by atoms with Crippen LogP contribution in [0.3, 0.4) is 0 Å². The molecule has 41 nitrogen and oxygen atoms in total. The molecule has 1 rings (SSSR count). The standard InChI is InChI=1S/C57H93N17O24S2/c1-23(2)42(54(94)70-34(57(97)98)21-39(62)80)71-52(92)32(20-38(61)79)69-55(95)43(25(4)75)72-45(85)24(3)63-47(87)30(14-17-99-6)65-48(88)28(10-12-36(59)77)64-49(89)29(11-13-40(81)82)67-53(93)35-9-8-16-74(35)56(96)44(26(5)76)73-50(90)31(15-18-100-7)66-51(91)33(22-41(83)84)68-46(86)27(58)19-37(60)78/h23-35,42-44,75-76H,8-22,58H2,1-7H3,(H2,59,77)(H2,60,78)(H2,61,79)(H2,62,80)(H,63,87)(H,64,89)(H,65,88)(H,66,91)(H,67,93)(H,68,86)(H,69,95)(H,70,94)(H,71,92)(H,72,85)(H,73,90)(H,81,82)(H,83,84)(H,97,98)/t24-,25+,26+,27-,28-,29-,30-,31-,32-,33-,34-,35-,42-,43-,44-/m0/s1. The van der Waals surface area contributed by atoms with E-state index in [2.05, 4.69) is 58.5 Å². The number of carboxylic acid groups (broad SMARTS) is 3. The topological polar surface area (TPSA) is 691 Å². The van der Waals surface area contributed by atoms with E-state index >= 15 is 0 Å². The largest absolute Gasteiger partial charge is 0.481 e. The Hall–Kier alpha value is -9.49. The van der Waals surface area contributed by atoms with Gasteiger partial charge < -0.3 is 118 Å². The Balaban J connectivity index is 3.48. The van der Waals surface area contributed by atoms with Crippen LogP contribution in [0.2, 0.25) is 0 Å². The Morgan fingerprint density at radius 3 is 1.27 bits per heavy atom. The summed E-state index contributed by atoms with van der Waals surface area (Å²) in [5.74, 6) is -23.2. The highest BCUT2D eigenvalue weighted by molar-refractivity contribution is 7.98. The molecule has 1 heterocycles. The van der Waals surface area contributed by atoms with Crippen LogP contribution in [-0.4, -0.2) is 264 Å². The van der Waals surface area contributed by atoms with Gasteiger partial charge in [0.05, 0.1) is 43.9 Å². The smallest absolute Gasteiger partial charge is 0.326 e. The summed E-state index contributed by atoms with van der Waals surface area (Å²) in [4.78, 5) is 248. The molecule has 15 atom stereocenters. The van der Waals surface area contributed by atoms with Crippen LogP contribution >= 0.6 is 23.5 Å². The first-order valence-corrected chi connectivity index (χ1v) is 33.9.